The molecule has 1 aliphatic carbocycles. The molecule has 0 N–H and O–H groups in total. The van der Waals surface area contributed by atoms with Crippen molar-refractivity contribution in [2.24, 2.45) is 5.92 Å². The van der Waals surface area contributed by atoms with Gasteiger partial charge in [-0.3, -0.25) is 9.88 Å². The summed E-state index contributed by atoms with van der Waals surface area (Å²) in [6.07, 6.45) is 10.0. The lowest BCUT2D eigenvalue weighted by Gasteiger charge is -2.34. The van der Waals surface area contributed by atoms with E-state index in [-0.39, 0.29) is 29.2 Å². The van der Waals surface area contributed by atoms with E-state index in [9.17, 15) is 4.79 Å². The van der Waals surface area contributed by atoms with Crippen molar-refractivity contribution >= 4 is 22.8 Å². The highest BCUT2D eigenvalue weighted by atomic mass is 19.1. The fourth-order valence-corrected chi connectivity index (χ4v) is 8.45. The Kier molecular flexibility index (Phi) is 7.34. The van der Waals surface area contributed by atoms with Crippen LogP contribution in [0.3, 0.4) is 0 Å². The van der Waals surface area contributed by atoms with Gasteiger partial charge in [-0.1, -0.05) is 24.3 Å². The van der Waals surface area contributed by atoms with Gasteiger partial charge in [-0.25, -0.2) is 9.18 Å². The Hall–Kier alpha value is -3.53. The summed E-state index contributed by atoms with van der Waals surface area (Å²) in [6, 6.07) is 8.21. The highest BCUT2D eigenvalue weighted by Gasteiger charge is 2.45. The minimum absolute atomic E-state index is 0.0132. The van der Waals surface area contributed by atoms with Crippen molar-refractivity contribution in [2.45, 2.75) is 95.2 Å². The van der Waals surface area contributed by atoms with E-state index < -0.39 is 11.4 Å². The Morgan fingerprint density at radius 3 is 2.59 bits per heavy atom. The number of amides is 1. The van der Waals surface area contributed by atoms with Crippen LogP contribution in [0.2, 0.25) is 0 Å². The zero-order valence-electron chi connectivity index (χ0n) is 27.3. The highest BCUT2D eigenvalue weighted by Crippen LogP contribution is 2.45. The summed E-state index contributed by atoms with van der Waals surface area (Å²) in [4.78, 5) is 34.3. The zero-order chi connectivity index (χ0) is 31.6. The maximum atomic E-state index is 16.8. The van der Waals surface area contributed by atoms with Gasteiger partial charge in [-0.05, 0) is 103 Å². The summed E-state index contributed by atoms with van der Waals surface area (Å²) >= 11 is 0. The lowest BCUT2D eigenvalue weighted by Crippen LogP contribution is -2.46. The summed E-state index contributed by atoms with van der Waals surface area (Å²) in [5.41, 5.74) is 1.99. The molecule has 5 aliphatic rings. The van der Waals surface area contributed by atoms with E-state index in [1.165, 1.54) is 12.8 Å². The fourth-order valence-electron chi connectivity index (χ4n) is 8.45. The normalized spacial score (nSPS) is 24.3. The second kappa shape index (κ2) is 11.3. The van der Waals surface area contributed by atoms with Crippen LogP contribution in [-0.4, -0.2) is 87.4 Å². The smallest absolute Gasteiger partial charge is 0.410 e. The maximum Gasteiger partial charge on any atom is 0.410 e. The standard InChI is InChI=1S/C36H45FN6O3/c1-35(2,3)46-34(44)43-20-23-12-17-41(21-25(43)18-23)32-28-19-38-30(27-9-5-4-8-26(27)24-10-11-24)29(37)31(28)39-33(40-32)45-22-36-13-6-15-42(36)16-7-14-36/h4-5,8-9,19,23-25H,6-7,10-18,20-22H2,1-3H3. The van der Waals surface area contributed by atoms with Crippen LogP contribution in [0, 0.1) is 11.7 Å². The SMILES string of the molecule is CC(C)(C)OC(=O)N1CC2CCN(c3nc(OCC45CCCN4CCC5)nc4c(F)c(-c5ccccc5C5CC5)ncc34)CC1C2. The van der Waals surface area contributed by atoms with Crippen molar-refractivity contribution in [1.29, 1.82) is 0 Å². The second-order valence-corrected chi connectivity index (χ2v) is 15.2. The largest absolute Gasteiger partial charge is 0.461 e. The van der Waals surface area contributed by atoms with Crippen LogP contribution >= 0.6 is 0 Å². The van der Waals surface area contributed by atoms with Crippen LogP contribution in [-0.2, 0) is 4.74 Å². The third kappa shape index (κ3) is 5.46. The number of carbonyl (C=O) groups is 1. The molecule has 2 unspecified atom stereocenters. The average Bonchev–Trinajstić information content (AvgIpc) is 3.56. The van der Waals surface area contributed by atoms with Gasteiger partial charge in [0.15, 0.2) is 5.82 Å². The molecule has 4 aliphatic heterocycles. The first-order chi connectivity index (χ1) is 22.2. The van der Waals surface area contributed by atoms with Gasteiger partial charge >= 0.3 is 12.1 Å². The van der Waals surface area contributed by atoms with Crippen LogP contribution in [0.15, 0.2) is 30.5 Å². The molecule has 2 aromatic heterocycles. The molecule has 8 rings (SSSR count). The first-order valence-corrected chi connectivity index (χ1v) is 17.3. The van der Waals surface area contributed by atoms with Crippen molar-refractivity contribution in [3.05, 3.63) is 41.8 Å². The van der Waals surface area contributed by atoms with Crippen LogP contribution in [0.4, 0.5) is 15.0 Å². The summed E-state index contributed by atoms with van der Waals surface area (Å²) < 4.78 is 29.0. The summed E-state index contributed by atoms with van der Waals surface area (Å²) in [5, 5.41) is 0.570. The molecule has 46 heavy (non-hydrogen) atoms. The number of hydrogen-bond acceptors (Lipinski definition) is 8. The van der Waals surface area contributed by atoms with Gasteiger partial charge in [-0.15, -0.1) is 0 Å². The molecule has 10 heteroatoms. The predicted octanol–water partition coefficient (Wildman–Crippen LogP) is 6.55. The van der Waals surface area contributed by atoms with Gasteiger partial charge in [-0.2, -0.15) is 9.97 Å². The van der Waals surface area contributed by atoms with E-state index in [0.717, 1.165) is 69.3 Å². The van der Waals surface area contributed by atoms with Crippen LogP contribution in [0.1, 0.15) is 83.6 Å². The highest BCUT2D eigenvalue weighted by molar-refractivity contribution is 5.92. The number of nitrogens with zero attached hydrogens (tertiary/aromatic N) is 6. The molecule has 1 aromatic carbocycles. The summed E-state index contributed by atoms with van der Waals surface area (Å²) in [7, 11) is 0. The van der Waals surface area contributed by atoms with Gasteiger partial charge in [0.05, 0.1) is 17.0 Å². The number of anilines is 1. The number of ether oxygens (including phenoxy) is 2. The van der Waals surface area contributed by atoms with Gasteiger partial charge in [0.25, 0.3) is 0 Å². The average molecular weight is 629 g/mol. The molecule has 6 heterocycles. The number of carbonyl (C=O) groups excluding carboxylic acids is 1. The van der Waals surface area contributed by atoms with E-state index in [4.69, 9.17) is 24.4 Å². The van der Waals surface area contributed by atoms with Crippen molar-refractivity contribution in [1.82, 2.24) is 24.8 Å². The zero-order valence-corrected chi connectivity index (χ0v) is 27.3. The topological polar surface area (TPSA) is 83.9 Å². The van der Waals surface area contributed by atoms with E-state index in [1.807, 2.05) is 43.9 Å². The molecule has 2 bridgehead atoms. The number of fused-ring (bicyclic) bond motifs is 4. The number of benzene rings is 1. The second-order valence-electron chi connectivity index (χ2n) is 15.2. The van der Waals surface area contributed by atoms with Crippen molar-refractivity contribution in [3.63, 3.8) is 0 Å². The molecule has 1 amide bonds. The molecule has 9 nitrogen and oxygen atoms in total. The first kappa shape index (κ1) is 29.8. The molecule has 0 spiro atoms. The van der Waals surface area contributed by atoms with E-state index in [2.05, 4.69) is 15.9 Å². The number of hydrogen-bond donors (Lipinski definition) is 0. The summed E-state index contributed by atoms with van der Waals surface area (Å²) in [5.74, 6) is 1.01. The van der Waals surface area contributed by atoms with Crippen LogP contribution in [0.5, 0.6) is 6.01 Å². The van der Waals surface area contributed by atoms with E-state index in [0.29, 0.717) is 48.4 Å². The Labute approximate surface area is 270 Å². The first-order valence-electron chi connectivity index (χ1n) is 17.3. The third-order valence-corrected chi connectivity index (χ3v) is 10.8. The van der Waals surface area contributed by atoms with Gasteiger partial charge in [0, 0.05) is 31.4 Å². The molecule has 3 aromatic rings. The van der Waals surface area contributed by atoms with E-state index >= 15 is 4.39 Å². The van der Waals surface area contributed by atoms with Gasteiger partial charge in [0.2, 0.25) is 0 Å². The van der Waals surface area contributed by atoms with Crippen LogP contribution < -0.4 is 9.64 Å². The summed E-state index contributed by atoms with van der Waals surface area (Å²) in [6.45, 7) is 10.4. The molecule has 244 valence electrons. The Bertz CT molecular complexity index is 1640. The van der Waals surface area contributed by atoms with Crippen molar-refractivity contribution in [3.8, 4) is 17.3 Å². The monoisotopic (exact) mass is 628 g/mol. The fraction of sp³-hybridized carbons (Fsp3) is 0.611. The Balaban J connectivity index is 1.17. The quantitative estimate of drug-likeness (QED) is 0.304. The van der Waals surface area contributed by atoms with Crippen LogP contribution in [0.25, 0.3) is 22.2 Å². The van der Waals surface area contributed by atoms with Gasteiger partial charge < -0.3 is 19.3 Å². The minimum atomic E-state index is -0.564. The number of pyridine rings is 1. The number of rotatable bonds is 6. The maximum absolute atomic E-state index is 16.8. The molecule has 0 radical (unpaired) electrons. The minimum Gasteiger partial charge on any atom is -0.461 e. The number of aromatic nitrogens is 3. The lowest BCUT2D eigenvalue weighted by atomic mass is 9.95. The molecule has 5 fully saturated rings. The van der Waals surface area contributed by atoms with Gasteiger partial charge in [0.1, 0.15) is 29.2 Å². The molecule has 2 atom stereocenters. The third-order valence-electron chi connectivity index (χ3n) is 10.8. The van der Waals surface area contributed by atoms with E-state index in [1.54, 1.807) is 6.20 Å². The molecular formula is C36H45FN6O3. The van der Waals surface area contributed by atoms with Crippen molar-refractivity contribution < 1.29 is 18.7 Å². The van der Waals surface area contributed by atoms with Crippen molar-refractivity contribution in [2.75, 3.05) is 44.2 Å². The predicted molar refractivity (Wildman–Crippen MR) is 175 cm³/mol. The number of likely N-dealkylation sites (tertiary alicyclic amines) is 1. The number of halogens is 1. The lowest BCUT2D eigenvalue weighted by molar-refractivity contribution is 0.0221. The molecule has 4 saturated heterocycles. The molecular weight excluding hydrogens is 583 g/mol. The Morgan fingerprint density at radius 2 is 1.83 bits per heavy atom. The Morgan fingerprint density at radius 1 is 1.04 bits per heavy atom. The molecule has 1 saturated carbocycles.